The predicted octanol–water partition coefficient (Wildman–Crippen LogP) is 2.38. The van der Waals surface area contributed by atoms with Crippen LogP contribution < -0.4 is 10.8 Å². The van der Waals surface area contributed by atoms with E-state index in [0.717, 1.165) is 25.7 Å². The summed E-state index contributed by atoms with van der Waals surface area (Å²) in [5.41, 5.74) is 1.58. The first-order valence-electron chi connectivity index (χ1n) is 6.75. The van der Waals surface area contributed by atoms with E-state index in [-0.39, 0.29) is 11.8 Å². The van der Waals surface area contributed by atoms with Gasteiger partial charge in [-0.15, -0.1) is 0 Å². The lowest BCUT2D eigenvalue weighted by molar-refractivity contribution is -0.129. The molecule has 0 unspecified atom stereocenters. The quantitative estimate of drug-likeness (QED) is 0.356. The highest BCUT2D eigenvalue weighted by molar-refractivity contribution is 5.75. The van der Waals surface area contributed by atoms with Gasteiger partial charge >= 0.3 is 0 Å². The van der Waals surface area contributed by atoms with E-state index in [2.05, 4.69) is 19.2 Å². The molecule has 0 aromatic rings. The van der Waals surface area contributed by atoms with Gasteiger partial charge in [0.15, 0.2) is 0 Å². The molecule has 0 aliphatic carbocycles. The van der Waals surface area contributed by atoms with Crippen LogP contribution in [0, 0.1) is 0 Å². The molecule has 0 heterocycles. The minimum Gasteiger partial charge on any atom is -0.359 e. The molecule has 0 bridgehead atoms. The molecule has 0 fully saturated rings. The zero-order chi connectivity index (χ0) is 14.2. The summed E-state index contributed by atoms with van der Waals surface area (Å²) in [6.07, 6.45) is 6.97. The number of hydroxylamine groups is 1. The van der Waals surface area contributed by atoms with Crippen LogP contribution in [0.5, 0.6) is 0 Å². The largest absolute Gasteiger partial charge is 0.359 e. The highest BCUT2D eigenvalue weighted by Gasteiger charge is 1.99. The molecule has 108 valence electrons. The molecule has 2 amide bonds. The second-order valence-electron chi connectivity index (χ2n) is 4.12. The summed E-state index contributed by atoms with van der Waals surface area (Å²) < 4.78 is 0. The third kappa shape index (κ3) is 17.3. The summed E-state index contributed by atoms with van der Waals surface area (Å²) >= 11 is 0. The summed E-state index contributed by atoms with van der Waals surface area (Å²) in [6, 6.07) is 0. The van der Waals surface area contributed by atoms with Crippen molar-refractivity contribution in [1.82, 2.24) is 10.8 Å². The van der Waals surface area contributed by atoms with Crippen LogP contribution in [-0.4, -0.2) is 24.1 Å². The molecule has 0 rings (SSSR count). The maximum absolute atomic E-state index is 10.8. The van der Waals surface area contributed by atoms with Crippen LogP contribution in [0.1, 0.15) is 65.2 Å². The predicted molar refractivity (Wildman–Crippen MR) is 72.3 cm³/mol. The molecule has 5 nitrogen and oxygen atoms in total. The second-order valence-corrected chi connectivity index (χ2v) is 4.12. The van der Waals surface area contributed by atoms with Gasteiger partial charge in [0.2, 0.25) is 11.8 Å². The third-order valence-corrected chi connectivity index (χ3v) is 2.46. The Morgan fingerprint density at radius 3 is 1.67 bits per heavy atom. The Labute approximate surface area is 110 Å². The zero-order valence-corrected chi connectivity index (χ0v) is 11.9. The summed E-state index contributed by atoms with van der Waals surface area (Å²) in [5, 5.41) is 10.7. The first-order valence-corrected chi connectivity index (χ1v) is 6.75. The van der Waals surface area contributed by atoms with E-state index in [1.807, 2.05) is 0 Å². The number of amides is 2. The number of nitrogens with one attached hydrogen (secondary N) is 2. The molecule has 0 saturated heterocycles. The number of carbonyl (C=O) groups excluding carboxylic acids is 2. The lowest BCUT2D eigenvalue weighted by Gasteiger charge is -2.00. The van der Waals surface area contributed by atoms with Crippen molar-refractivity contribution in [3.8, 4) is 0 Å². The molecule has 0 spiro atoms. The van der Waals surface area contributed by atoms with Gasteiger partial charge in [-0.05, 0) is 12.8 Å². The molecule has 0 saturated carbocycles. The van der Waals surface area contributed by atoms with Crippen molar-refractivity contribution in [3.05, 3.63) is 0 Å². The minimum absolute atomic E-state index is 0.0538. The van der Waals surface area contributed by atoms with Crippen LogP contribution in [0.25, 0.3) is 0 Å². The maximum atomic E-state index is 10.8. The van der Waals surface area contributed by atoms with Gasteiger partial charge in [-0.2, -0.15) is 0 Å². The van der Waals surface area contributed by atoms with Gasteiger partial charge in [-0.3, -0.25) is 14.8 Å². The molecule has 0 atom stereocenters. The van der Waals surface area contributed by atoms with Gasteiger partial charge in [-0.1, -0.05) is 39.5 Å². The first kappa shape index (κ1) is 19.2. The van der Waals surface area contributed by atoms with Crippen molar-refractivity contribution < 1.29 is 14.8 Å². The van der Waals surface area contributed by atoms with Crippen LogP contribution in [0.15, 0.2) is 0 Å². The number of unbranched alkanes of at least 4 members (excludes halogenated alkanes) is 4. The van der Waals surface area contributed by atoms with Gasteiger partial charge in [-0.25, -0.2) is 5.48 Å². The number of rotatable bonds is 8. The van der Waals surface area contributed by atoms with Gasteiger partial charge in [0.05, 0.1) is 0 Å². The Bertz CT molecular complexity index is 186. The summed E-state index contributed by atoms with van der Waals surface area (Å²) in [4.78, 5) is 21.4. The summed E-state index contributed by atoms with van der Waals surface area (Å²) in [5.74, 6) is -0.297. The fourth-order valence-corrected chi connectivity index (χ4v) is 1.11. The van der Waals surface area contributed by atoms with Crippen molar-refractivity contribution in [2.45, 2.75) is 65.2 Å². The Morgan fingerprint density at radius 2 is 1.33 bits per heavy atom. The zero-order valence-electron chi connectivity index (χ0n) is 11.9. The molecule has 5 heteroatoms. The molecule has 0 aromatic heterocycles. The molecule has 0 aliphatic rings. The van der Waals surface area contributed by atoms with E-state index in [9.17, 15) is 9.59 Å². The maximum Gasteiger partial charge on any atom is 0.243 e. The molecule has 18 heavy (non-hydrogen) atoms. The monoisotopic (exact) mass is 260 g/mol. The normalized spacial score (nSPS) is 9.11. The van der Waals surface area contributed by atoms with Crippen molar-refractivity contribution in [3.63, 3.8) is 0 Å². The Morgan fingerprint density at radius 1 is 0.889 bits per heavy atom. The standard InChI is InChI=1S/C9H18N2O3.C4H10/c1-10-8(12)6-4-2-3-5-7-9(13)11-14;1-3-4-2/h14H,2-7H2,1H3,(H,10,12)(H,11,13);3-4H2,1-2H3. The number of carbonyl (C=O) groups is 2. The fourth-order valence-electron chi connectivity index (χ4n) is 1.11. The Balaban J connectivity index is 0. The van der Waals surface area contributed by atoms with Crippen LogP contribution in [-0.2, 0) is 9.59 Å². The van der Waals surface area contributed by atoms with Crippen molar-refractivity contribution in [2.75, 3.05) is 7.05 Å². The SMILES string of the molecule is CCCC.CNC(=O)CCCCCCC(=O)NO. The van der Waals surface area contributed by atoms with Crippen LogP contribution >= 0.6 is 0 Å². The fraction of sp³-hybridized carbons (Fsp3) is 0.846. The van der Waals surface area contributed by atoms with Crippen LogP contribution in [0.4, 0.5) is 0 Å². The van der Waals surface area contributed by atoms with Gasteiger partial charge in [0.25, 0.3) is 0 Å². The topological polar surface area (TPSA) is 78.4 Å². The van der Waals surface area contributed by atoms with Crippen LogP contribution in [0.2, 0.25) is 0 Å². The summed E-state index contributed by atoms with van der Waals surface area (Å²) in [7, 11) is 1.62. The van der Waals surface area contributed by atoms with Crippen LogP contribution in [0.3, 0.4) is 0 Å². The van der Waals surface area contributed by atoms with E-state index < -0.39 is 0 Å². The van der Waals surface area contributed by atoms with Gasteiger partial charge in [0.1, 0.15) is 0 Å². The van der Waals surface area contributed by atoms with Gasteiger partial charge < -0.3 is 5.32 Å². The molecule has 0 radical (unpaired) electrons. The van der Waals surface area contributed by atoms with E-state index in [4.69, 9.17) is 5.21 Å². The lowest BCUT2D eigenvalue weighted by atomic mass is 10.1. The number of hydrogen-bond donors (Lipinski definition) is 3. The number of hydrogen-bond acceptors (Lipinski definition) is 3. The van der Waals surface area contributed by atoms with Crippen molar-refractivity contribution in [1.29, 1.82) is 0 Å². The van der Waals surface area contributed by atoms with E-state index in [0.29, 0.717) is 12.8 Å². The minimum atomic E-state index is -0.351. The second kappa shape index (κ2) is 15.9. The highest BCUT2D eigenvalue weighted by atomic mass is 16.5. The molecular formula is C13H28N2O3. The van der Waals surface area contributed by atoms with E-state index in [1.54, 1.807) is 12.5 Å². The summed E-state index contributed by atoms with van der Waals surface area (Å²) in [6.45, 7) is 4.36. The first-order chi connectivity index (χ1) is 8.62. The average Bonchev–Trinajstić information content (AvgIpc) is 2.42. The molecule has 0 aliphatic heterocycles. The molecule has 3 N–H and O–H groups in total. The van der Waals surface area contributed by atoms with Crippen molar-refractivity contribution in [2.24, 2.45) is 0 Å². The van der Waals surface area contributed by atoms with E-state index in [1.165, 1.54) is 12.8 Å². The smallest absolute Gasteiger partial charge is 0.243 e. The Hall–Kier alpha value is -1.10. The molecule has 0 aromatic carbocycles. The molecular weight excluding hydrogens is 232 g/mol. The Kier molecular flexibility index (Phi) is 17.0. The van der Waals surface area contributed by atoms with E-state index >= 15 is 0 Å². The third-order valence-electron chi connectivity index (χ3n) is 2.46. The average molecular weight is 260 g/mol. The van der Waals surface area contributed by atoms with Crippen molar-refractivity contribution >= 4 is 11.8 Å². The highest BCUT2D eigenvalue weighted by Crippen LogP contribution is 2.04. The lowest BCUT2D eigenvalue weighted by Crippen LogP contribution is -2.18. The van der Waals surface area contributed by atoms with Gasteiger partial charge in [0, 0.05) is 19.9 Å².